The lowest BCUT2D eigenvalue weighted by Gasteiger charge is -2.33. The highest BCUT2D eigenvalue weighted by molar-refractivity contribution is 7.09. The summed E-state index contributed by atoms with van der Waals surface area (Å²) in [6.45, 7) is 5.95. The number of aryl methyl sites for hydroxylation is 1. The number of nitrogens with two attached hydrogens (primary N) is 2. The zero-order valence-corrected chi connectivity index (χ0v) is 19.6. The normalized spacial score (nSPS) is 15.0. The number of primary amides is 1. The van der Waals surface area contributed by atoms with Gasteiger partial charge in [0, 0.05) is 11.7 Å². The zero-order chi connectivity index (χ0) is 23.4. The molecule has 1 fully saturated rings. The minimum absolute atomic E-state index is 0.0512. The van der Waals surface area contributed by atoms with Gasteiger partial charge in [0.05, 0.1) is 5.69 Å². The monoisotopic (exact) mass is 457 g/mol. The van der Waals surface area contributed by atoms with Crippen molar-refractivity contribution in [3.05, 3.63) is 40.4 Å². The van der Waals surface area contributed by atoms with Crippen molar-refractivity contribution in [2.75, 3.05) is 10.6 Å². The molecule has 1 aromatic carbocycles. The third kappa shape index (κ3) is 5.27. The van der Waals surface area contributed by atoms with Crippen molar-refractivity contribution >= 4 is 40.6 Å². The fourth-order valence-corrected chi connectivity index (χ4v) is 4.84. The number of hydrogen-bond donors (Lipinski definition) is 3. The molecule has 5 N–H and O–H groups in total. The standard InChI is InChI=1S/C23H31N5O3S/c1-13(2)11-17(22(30)26-15-8-4-5-9-15)28(16-10-6-7-14(3)12-16)23(31)20-18(24)19(21(25)29)27-32-20/h6-7,10,12-13,15,17H,4-5,8-9,11,24H2,1-3H3,(H2,25,29)(H,26,30)/t17-/m0/s1. The molecule has 0 saturated heterocycles. The smallest absolute Gasteiger partial charge is 0.272 e. The van der Waals surface area contributed by atoms with Gasteiger partial charge in [-0.25, -0.2) is 0 Å². The van der Waals surface area contributed by atoms with Gasteiger partial charge in [-0.3, -0.25) is 19.3 Å². The highest BCUT2D eigenvalue weighted by Crippen LogP contribution is 2.30. The van der Waals surface area contributed by atoms with Crippen molar-refractivity contribution in [2.24, 2.45) is 11.7 Å². The molecular weight excluding hydrogens is 426 g/mol. The van der Waals surface area contributed by atoms with E-state index in [0.717, 1.165) is 42.8 Å². The largest absolute Gasteiger partial charge is 0.395 e. The van der Waals surface area contributed by atoms with Crippen LogP contribution in [0.2, 0.25) is 0 Å². The van der Waals surface area contributed by atoms with Crippen molar-refractivity contribution in [3.8, 4) is 0 Å². The van der Waals surface area contributed by atoms with Crippen LogP contribution < -0.4 is 21.7 Å². The van der Waals surface area contributed by atoms with Crippen LogP contribution >= 0.6 is 11.5 Å². The molecule has 1 saturated carbocycles. The van der Waals surface area contributed by atoms with Crippen molar-refractivity contribution in [1.29, 1.82) is 0 Å². The third-order valence-corrected chi connectivity index (χ3v) is 6.52. The van der Waals surface area contributed by atoms with Crippen LogP contribution in [0.3, 0.4) is 0 Å². The molecular formula is C23H31N5O3S. The number of benzene rings is 1. The van der Waals surface area contributed by atoms with Crippen LogP contribution in [0, 0.1) is 12.8 Å². The first kappa shape index (κ1) is 23.7. The Morgan fingerprint density at radius 1 is 1.25 bits per heavy atom. The number of hydrogen-bond acceptors (Lipinski definition) is 6. The van der Waals surface area contributed by atoms with Crippen LogP contribution in [0.1, 0.15) is 71.7 Å². The predicted molar refractivity (Wildman–Crippen MR) is 127 cm³/mol. The number of amides is 3. The Hall–Kier alpha value is -2.94. The number of carbonyl (C=O) groups excluding carboxylic acids is 3. The Morgan fingerprint density at radius 2 is 1.94 bits per heavy atom. The molecule has 3 rings (SSSR count). The minimum atomic E-state index is -0.794. The summed E-state index contributed by atoms with van der Waals surface area (Å²) in [7, 11) is 0. The quantitative estimate of drug-likeness (QED) is 0.560. The van der Waals surface area contributed by atoms with E-state index in [1.54, 1.807) is 6.07 Å². The maximum atomic E-state index is 13.8. The second-order valence-corrected chi connectivity index (χ2v) is 9.56. The summed E-state index contributed by atoms with van der Waals surface area (Å²) >= 11 is 0.822. The van der Waals surface area contributed by atoms with Gasteiger partial charge in [0.1, 0.15) is 10.9 Å². The molecule has 1 atom stereocenters. The Morgan fingerprint density at radius 3 is 2.50 bits per heavy atom. The Balaban J connectivity index is 2.05. The minimum Gasteiger partial charge on any atom is -0.395 e. The van der Waals surface area contributed by atoms with Crippen LogP contribution in [0.15, 0.2) is 24.3 Å². The predicted octanol–water partition coefficient (Wildman–Crippen LogP) is 3.25. The fourth-order valence-electron chi connectivity index (χ4n) is 4.10. The lowest BCUT2D eigenvalue weighted by Crippen LogP contribution is -2.52. The van der Waals surface area contributed by atoms with E-state index < -0.39 is 17.9 Å². The first-order chi connectivity index (χ1) is 15.2. The Bertz CT molecular complexity index is 997. The zero-order valence-electron chi connectivity index (χ0n) is 18.8. The first-order valence-electron chi connectivity index (χ1n) is 10.9. The van der Waals surface area contributed by atoms with Crippen molar-refractivity contribution in [2.45, 2.75) is 65.0 Å². The lowest BCUT2D eigenvalue weighted by atomic mass is 9.99. The Kier molecular flexibility index (Phi) is 7.50. The van der Waals surface area contributed by atoms with Crippen molar-refractivity contribution < 1.29 is 14.4 Å². The molecule has 32 heavy (non-hydrogen) atoms. The van der Waals surface area contributed by atoms with Crippen LogP contribution in [0.25, 0.3) is 0 Å². The highest BCUT2D eigenvalue weighted by Gasteiger charge is 2.36. The fraction of sp³-hybridized carbons (Fsp3) is 0.478. The van der Waals surface area contributed by atoms with Gasteiger partial charge in [-0.15, -0.1) is 0 Å². The van der Waals surface area contributed by atoms with Gasteiger partial charge in [-0.05, 0) is 61.3 Å². The lowest BCUT2D eigenvalue weighted by molar-refractivity contribution is -0.123. The molecule has 1 aromatic heterocycles. The molecule has 0 spiro atoms. The van der Waals surface area contributed by atoms with Gasteiger partial charge in [0.2, 0.25) is 5.91 Å². The number of aromatic nitrogens is 1. The molecule has 0 radical (unpaired) electrons. The molecule has 0 bridgehead atoms. The third-order valence-electron chi connectivity index (χ3n) is 5.66. The van der Waals surface area contributed by atoms with E-state index in [0.29, 0.717) is 12.1 Å². The maximum absolute atomic E-state index is 13.8. The molecule has 2 aromatic rings. The molecule has 8 nitrogen and oxygen atoms in total. The summed E-state index contributed by atoms with van der Waals surface area (Å²) in [4.78, 5) is 40.4. The highest BCUT2D eigenvalue weighted by atomic mass is 32.1. The van der Waals surface area contributed by atoms with Crippen molar-refractivity contribution in [1.82, 2.24) is 9.69 Å². The van der Waals surface area contributed by atoms with E-state index in [1.165, 1.54) is 4.90 Å². The van der Waals surface area contributed by atoms with E-state index >= 15 is 0 Å². The first-order valence-corrected chi connectivity index (χ1v) is 11.7. The van der Waals surface area contributed by atoms with Crippen molar-refractivity contribution in [3.63, 3.8) is 0 Å². The summed E-state index contributed by atoms with van der Waals surface area (Å²) in [5, 5.41) is 3.14. The second kappa shape index (κ2) is 10.1. The van der Waals surface area contributed by atoms with Gasteiger partial charge in [0.25, 0.3) is 11.8 Å². The summed E-state index contributed by atoms with van der Waals surface area (Å²) in [6.07, 6.45) is 4.55. The van der Waals surface area contributed by atoms with Crippen LogP contribution in [-0.4, -0.2) is 34.2 Å². The summed E-state index contributed by atoms with van der Waals surface area (Å²) in [5.74, 6) is -1.28. The molecule has 9 heteroatoms. The topological polar surface area (TPSA) is 131 Å². The van der Waals surface area contributed by atoms with Gasteiger partial charge >= 0.3 is 0 Å². The molecule has 1 aliphatic carbocycles. The van der Waals surface area contributed by atoms with Gasteiger partial charge in [-0.2, -0.15) is 4.37 Å². The summed E-state index contributed by atoms with van der Waals surface area (Å²) in [5.41, 5.74) is 12.8. The van der Waals surface area contributed by atoms with Crippen LogP contribution in [0.4, 0.5) is 11.4 Å². The summed E-state index contributed by atoms with van der Waals surface area (Å²) in [6, 6.07) is 6.82. The van der Waals surface area contributed by atoms with E-state index in [1.807, 2.05) is 39.0 Å². The molecule has 0 aliphatic heterocycles. The van der Waals surface area contributed by atoms with E-state index in [-0.39, 0.29) is 34.1 Å². The average Bonchev–Trinajstić information content (AvgIpc) is 3.36. The number of nitrogens with zero attached hydrogens (tertiary/aromatic N) is 2. The molecule has 1 heterocycles. The number of anilines is 2. The number of carbonyl (C=O) groups is 3. The second-order valence-electron chi connectivity index (χ2n) is 8.79. The molecule has 172 valence electrons. The maximum Gasteiger partial charge on any atom is 0.272 e. The van der Waals surface area contributed by atoms with Gasteiger partial charge in [-0.1, -0.05) is 38.8 Å². The van der Waals surface area contributed by atoms with Gasteiger partial charge < -0.3 is 16.8 Å². The van der Waals surface area contributed by atoms with E-state index in [9.17, 15) is 14.4 Å². The van der Waals surface area contributed by atoms with Crippen LogP contribution in [0.5, 0.6) is 0 Å². The SMILES string of the molecule is Cc1cccc(N(C(=O)c2snc(C(N)=O)c2N)[C@@H](CC(C)C)C(=O)NC2CCCC2)c1. The molecule has 1 aliphatic rings. The summed E-state index contributed by atoms with van der Waals surface area (Å²) < 4.78 is 3.97. The van der Waals surface area contributed by atoms with E-state index in [2.05, 4.69) is 9.69 Å². The number of nitrogens with one attached hydrogen (secondary N) is 1. The molecule has 3 amide bonds. The number of rotatable bonds is 8. The Labute approximate surface area is 192 Å². The average molecular weight is 458 g/mol. The van der Waals surface area contributed by atoms with E-state index in [4.69, 9.17) is 11.5 Å². The van der Waals surface area contributed by atoms with Gasteiger partial charge in [0.15, 0.2) is 5.69 Å². The van der Waals surface area contributed by atoms with Crippen LogP contribution in [-0.2, 0) is 4.79 Å². The molecule has 0 unspecified atom stereocenters. The number of nitrogen functional groups attached to an aromatic ring is 1.